The second-order valence-corrected chi connectivity index (χ2v) is 9.31. The second-order valence-electron chi connectivity index (χ2n) is 6.32. The highest BCUT2D eigenvalue weighted by Gasteiger charge is 2.61. The maximum absolute atomic E-state index is 12.6. The van der Waals surface area contributed by atoms with Gasteiger partial charge in [-0.2, -0.15) is 17.5 Å². The molecule has 2 saturated heterocycles. The van der Waals surface area contributed by atoms with E-state index in [1.807, 2.05) is 12.3 Å². The van der Waals surface area contributed by atoms with Gasteiger partial charge in [-0.05, 0) is 25.7 Å². The van der Waals surface area contributed by atoms with Crippen molar-refractivity contribution in [2.24, 2.45) is 5.92 Å². The smallest absolute Gasteiger partial charge is 0.375 e. The van der Waals surface area contributed by atoms with E-state index in [9.17, 15) is 21.6 Å². The van der Waals surface area contributed by atoms with Gasteiger partial charge < -0.3 is 9.47 Å². The maximum atomic E-state index is 12.6. The van der Waals surface area contributed by atoms with Crippen LogP contribution >= 0.6 is 11.3 Å². The van der Waals surface area contributed by atoms with E-state index in [4.69, 9.17) is 9.47 Å². The maximum Gasteiger partial charge on any atom is 0.511 e. The highest BCUT2D eigenvalue weighted by atomic mass is 32.2. The molecule has 1 aromatic heterocycles. The lowest BCUT2D eigenvalue weighted by atomic mass is 9.80. The van der Waals surface area contributed by atoms with Crippen molar-refractivity contribution in [3.8, 4) is 0 Å². The Kier molecular flexibility index (Phi) is 5.15. The van der Waals surface area contributed by atoms with Gasteiger partial charge in [-0.3, -0.25) is 0 Å². The monoisotopic (exact) mass is 400 g/mol. The summed E-state index contributed by atoms with van der Waals surface area (Å²) in [6.45, 7) is 2.66. The van der Waals surface area contributed by atoms with Gasteiger partial charge in [-0.1, -0.05) is 0 Å². The fourth-order valence-electron chi connectivity index (χ4n) is 3.29. The molecule has 1 unspecified atom stereocenters. The average molecular weight is 400 g/mol. The first-order valence-electron chi connectivity index (χ1n) is 7.83. The van der Waals surface area contributed by atoms with Crippen LogP contribution in [0.5, 0.6) is 0 Å². The number of hydrogen-bond acceptors (Lipinski definition) is 6. The Morgan fingerprint density at radius 2 is 2.20 bits per heavy atom. The minimum Gasteiger partial charge on any atom is -0.375 e. The molecule has 142 valence electrons. The van der Waals surface area contributed by atoms with Gasteiger partial charge in [0.15, 0.2) is 0 Å². The van der Waals surface area contributed by atoms with Crippen molar-refractivity contribution >= 4 is 21.4 Å². The average Bonchev–Trinajstić information content (AvgIpc) is 3.07. The topological polar surface area (TPSA) is 68.7 Å². The van der Waals surface area contributed by atoms with Gasteiger partial charge in [0, 0.05) is 31.7 Å². The molecule has 0 saturated carbocycles. The van der Waals surface area contributed by atoms with Crippen molar-refractivity contribution in [2.45, 2.75) is 37.5 Å². The zero-order valence-electron chi connectivity index (χ0n) is 13.6. The SMILES string of the molecule is Cc1nc(COCCC2CCOC23CN(S(=O)(=O)C(F)(F)F)C3)cs1. The highest BCUT2D eigenvalue weighted by Crippen LogP contribution is 2.44. The number of thiazole rings is 1. The molecule has 1 aromatic rings. The van der Waals surface area contributed by atoms with Crippen molar-refractivity contribution in [1.29, 1.82) is 0 Å². The zero-order chi connectivity index (χ0) is 18.3. The fourth-order valence-corrected chi connectivity index (χ4v) is 4.95. The molecule has 0 radical (unpaired) electrons. The summed E-state index contributed by atoms with van der Waals surface area (Å²) in [5.74, 6) is -0.00986. The molecule has 6 nitrogen and oxygen atoms in total. The zero-order valence-corrected chi connectivity index (χ0v) is 15.2. The number of aromatic nitrogens is 1. The summed E-state index contributed by atoms with van der Waals surface area (Å²) in [4.78, 5) is 4.28. The van der Waals surface area contributed by atoms with Crippen LogP contribution in [-0.4, -0.2) is 55.1 Å². The summed E-state index contributed by atoms with van der Waals surface area (Å²) in [5.41, 5.74) is -5.22. The van der Waals surface area contributed by atoms with Gasteiger partial charge in [-0.15, -0.1) is 11.3 Å². The van der Waals surface area contributed by atoms with Crippen molar-refractivity contribution in [3.05, 3.63) is 16.1 Å². The van der Waals surface area contributed by atoms with Crippen molar-refractivity contribution in [3.63, 3.8) is 0 Å². The number of sulfonamides is 1. The highest BCUT2D eigenvalue weighted by molar-refractivity contribution is 7.90. The Morgan fingerprint density at radius 1 is 1.48 bits per heavy atom. The molecule has 11 heteroatoms. The van der Waals surface area contributed by atoms with Crippen LogP contribution in [0, 0.1) is 12.8 Å². The first kappa shape index (κ1) is 19.0. The normalized spacial score (nSPS) is 23.9. The number of rotatable bonds is 6. The van der Waals surface area contributed by atoms with E-state index in [0.29, 0.717) is 37.0 Å². The Hall–Kier alpha value is -0.750. The number of hydrogen-bond donors (Lipinski definition) is 0. The van der Waals surface area contributed by atoms with Crippen LogP contribution in [0.1, 0.15) is 23.5 Å². The molecule has 2 fully saturated rings. The first-order chi connectivity index (χ1) is 11.6. The Labute approximate surface area is 148 Å². The number of alkyl halides is 3. The minimum atomic E-state index is -5.27. The van der Waals surface area contributed by atoms with Crippen LogP contribution in [0.25, 0.3) is 0 Å². The van der Waals surface area contributed by atoms with E-state index in [-0.39, 0.29) is 19.0 Å². The van der Waals surface area contributed by atoms with Gasteiger partial charge >= 0.3 is 15.5 Å². The van der Waals surface area contributed by atoms with Crippen molar-refractivity contribution in [1.82, 2.24) is 9.29 Å². The number of halogens is 3. The number of ether oxygens (including phenoxy) is 2. The van der Waals surface area contributed by atoms with Gasteiger partial charge in [0.05, 0.1) is 22.9 Å². The summed E-state index contributed by atoms with van der Waals surface area (Å²) in [6, 6.07) is 0. The van der Waals surface area contributed by atoms with E-state index in [1.54, 1.807) is 0 Å². The lowest BCUT2D eigenvalue weighted by molar-refractivity contribution is -0.115. The Bertz CT molecular complexity index is 714. The third-order valence-electron chi connectivity index (χ3n) is 4.65. The quantitative estimate of drug-likeness (QED) is 0.686. The molecule has 0 amide bonds. The predicted octanol–water partition coefficient (Wildman–Crippen LogP) is 2.30. The van der Waals surface area contributed by atoms with E-state index in [0.717, 1.165) is 10.7 Å². The molecule has 0 aliphatic carbocycles. The van der Waals surface area contributed by atoms with Gasteiger partial charge in [-0.25, -0.2) is 13.4 Å². The summed E-state index contributed by atoms with van der Waals surface area (Å²) in [7, 11) is -5.27. The van der Waals surface area contributed by atoms with E-state index in [2.05, 4.69) is 4.98 Å². The number of aryl methyl sites for hydroxylation is 1. The summed E-state index contributed by atoms with van der Waals surface area (Å²) in [6.07, 6.45) is 1.31. The van der Waals surface area contributed by atoms with Gasteiger partial charge in [0.2, 0.25) is 0 Å². The van der Waals surface area contributed by atoms with Crippen LogP contribution in [0.3, 0.4) is 0 Å². The third-order valence-corrected chi connectivity index (χ3v) is 6.99. The van der Waals surface area contributed by atoms with Crippen LogP contribution in [-0.2, 0) is 26.1 Å². The van der Waals surface area contributed by atoms with E-state index in [1.165, 1.54) is 11.3 Å². The Balaban J connectivity index is 1.49. The van der Waals surface area contributed by atoms with Crippen molar-refractivity contribution < 1.29 is 31.1 Å². The summed E-state index contributed by atoms with van der Waals surface area (Å²) >= 11 is 1.54. The molecule has 3 heterocycles. The molecule has 1 atom stereocenters. The molecule has 0 bridgehead atoms. The standard InChI is InChI=1S/C14H19F3N2O4S2/c1-10-18-12(7-24-10)6-22-4-2-11-3-5-23-13(11)8-19(9-13)25(20,21)14(15,16)17/h7,11H,2-6,8-9H2,1H3. The molecule has 2 aliphatic rings. The fraction of sp³-hybridized carbons (Fsp3) is 0.786. The van der Waals surface area contributed by atoms with Crippen molar-refractivity contribution in [2.75, 3.05) is 26.3 Å². The first-order valence-corrected chi connectivity index (χ1v) is 10.2. The van der Waals surface area contributed by atoms with Crippen LogP contribution < -0.4 is 0 Å². The van der Waals surface area contributed by atoms with E-state index >= 15 is 0 Å². The molecular weight excluding hydrogens is 381 g/mol. The van der Waals surface area contributed by atoms with Gasteiger partial charge in [0.1, 0.15) is 0 Å². The summed E-state index contributed by atoms with van der Waals surface area (Å²) in [5, 5.41) is 2.88. The van der Waals surface area contributed by atoms with Gasteiger partial charge in [0.25, 0.3) is 0 Å². The largest absolute Gasteiger partial charge is 0.511 e. The molecule has 0 aromatic carbocycles. The summed E-state index contributed by atoms with van der Waals surface area (Å²) < 4.78 is 72.2. The lowest BCUT2D eigenvalue weighted by Gasteiger charge is -2.49. The number of nitrogens with zero attached hydrogens (tertiary/aromatic N) is 2. The molecule has 2 aliphatic heterocycles. The molecule has 25 heavy (non-hydrogen) atoms. The molecule has 0 N–H and O–H groups in total. The molecule has 1 spiro atoms. The second kappa shape index (κ2) is 6.76. The predicted molar refractivity (Wildman–Crippen MR) is 84.5 cm³/mol. The lowest BCUT2D eigenvalue weighted by Crippen LogP contribution is -2.67. The Morgan fingerprint density at radius 3 is 2.80 bits per heavy atom. The van der Waals surface area contributed by atoms with Crippen LogP contribution in [0.15, 0.2) is 5.38 Å². The van der Waals surface area contributed by atoms with Crippen LogP contribution in [0.2, 0.25) is 0 Å². The van der Waals surface area contributed by atoms with E-state index < -0.39 is 21.1 Å². The minimum absolute atomic E-state index is 0.00986. The van der Waals surface area contributed by atoms with Crippen LogP contribution in [0.4, 0.5) is 13.2 Å². The molecular formula is C14H19F3N2O4S2. The molecule has 3 rings (SSSR count). The third kappa shape index (κ3) is 3.70.